The molecule has 0 atom stereocenters. The molecule has 1 aromatic carbocycles. The Bertz CT molecular complexity index is 968. The van der Waals surface area contributed by atoms with Crippen molar-refractivity contribution in [2.75, 3.05) is 48.0 Å². The van der Waals surface area contributed by atoms with Crippen LogP contribution in [0.25, 0.3) is 0 Å². The number of hydrogen-bond donors (Lipinski definition) is 1. The molecule has 0 bridgehead atoms. The summed E-state index contributed by atoms with van der Waals surface area (Å²) in [7, 11) is 0. The molecule has 1 saturated heterocycles. The Balaban J connectivity index is 1.39. The smallest absolute Gasteiger partial charge is 0.270 e. The number of aromatic nitrogens is 1. The molecule has 8 nitrogen and oxygen atoms in total. The van der Waals surface area contributed by atoms with Gasteiger partial charge in [0, 0.05) is 26.1 Å². The van der Waals surface area contributed by atoms with Gasteiger partial charge in [-0.3, -0.25) is 9.59 Å². The highest BCUT2D eigenvalue weighted by atomic mass is 16.5. The van der Waals surface area contributed by atoms with Crippen LogP contribution in [0.3, 0.4) is 0 Å². The molecular formula is C23H28N4O4. The van der Waals surface area contributed by atoms with Gasteiger partial charge in [-0.05, 0) is 50.6 Å². The summed E-state index contributed by atoms with van der Waals surface area (Å²) >= 11 is 0. The number of carbonyl (C=O) groups excluding carboxylic acids is 2. The lowest BCUT2D eigenvalue weighted by Gasteiger charge is -2.38. The monoisotopic (exact) mass is 424 g/mol. The number of nitrogens with zero attached hydrogens (tertiary/aromatic N) is 3. The van der Waals surface area contributed by atoms with Crippen LogP contribution >= 0.6 is 0 Å². The minimum atomic E-state index is -0.974. The summed E-state index contributed by atoms with van der Waals surface area (Å²) in [5.74, 6) is 1.19. The van der Waals surface area contributed by atoms with Gasteiger partial charge >= 0.3 is 0 Å². The largest absolute Gasteiger partial charge is 0.476 e. The number of benzene rings is 1. The minimum absolute atomic E-state index is 0.157. The molecule has 2 aliphatic rings. The van der Waals surface area contributed by atoms with Gasteiger partial charge in [-0.1, -0.05) is 6.07 Å². The van der Waals surface area contributed by atoms with E-state index in [-0.39, 0.29) is 24.8 Å². The molecule has 0 radical (unpaired) electrons. The van der Waals surface area contributed by atoms with E-state index in [4.69, 9.17) is 9.47 Å². The fourth-order valence-corrected chi connectivity index (χ4v) is 3.78. The van der Waals surface area contributed by atoms with Crippen molar-refractivity contribution in [2.24, 2.45) is 0 Å². The van der Waals surface area contributed by atoms with Crippen LogP contribution in [0, 0.1) is 6.92 Å². The second-order valence-electron chi connectivity index (χ2n) is 8.34. The van der Waals surface area contributed by atoms with Crippen molar-refractivity contribution in [3.8, 4) is 5.75 Å². The molecule has 0 spiro atoms. The molecule has 4 rings (SSSR count). The maximum atomic E-state index is 12.9. The minimum Gasteiger partial charge on any atom is -0.476 e. The topological polar surface area (TPSA) is 84.0 Å². The van der Waals surface area contributed by atoms with Crippen molar-refractivity contribution in [2.45, 2.75) is 32.8 Å². The molecule has 1 N–H and O–H groups in total. The fourth-order valence-electron chi connectivity index (χ4n) is 3.78. The highest BCUT2D eigenvalue weighted by Gasteiger charge is 2.40. The van der Waals surface area contributed by atoms with Crippen LogP contribution in [0.4, 0.5) is 17.2 Å². The Hall–Kier alpha value is -3.13. The van der Waals surface area contributed by atoms with E-state index < -0.39 is 5.60 Å². The molecule has 3 heterocycles. The van der Waals surface area contributed by atoms with Crippen LogP contribution in [0.15, 0.2) is 36.5 Å². The van der Waals surface area contributed by atoms with Gasteiger partial charge in [-0.2, -0.15) is 0 Å². The normalized spacial score (nSPS) is 17.7. The van der Waals surface area contributed by atoms with Crippen LogP contribution in [0.2, 0.25) is 0 Å². The molecule has 2 amide bonds. The van der Waals surface area contributed by atoms with Crippen molar-refractivity contribution in [1.82, 2.24) is 4.98 Å². The summed E-state index contributed by atoms with van der Waals surface area (Å²) in [5.41, 5.74) is 1.38. The highest BCUT2D eigenvalue weighted by molar-refractivity contribution is 6.03. The van der Waals surface area contributed by atoms with Crippen molar-refractivity contribution in [1.29, 1.82) is 0 Å². The number of rotatable bonds is 5. The maximum absolute atomic E-state index is 12.9. The Morgan fingerprint density at radius 3 is 2.68 bits per heavy atom. The number of anilines is 3. The van der Waals surface area contributed by atoms with Crippen molar-refractivity contribution in [3.05, 3.63) is 42.1 Å². The number of morpholine rings is 1. The predicted molar refractivity (Wildman–Crippen MR) is 119 cm³/mol. The summed E-state index contributed by atoms with van der Waals surface area (Å²) in [6.45, 7) is 8.73. The lowest BCUT2D eigenvalue weighted by molar-refractivity contribution is -0.132. The van der Waals surface area contributed by atoms with E-state index >= 15 is 0 Å². The van der Waals surface area contributed by atoms with Gasteiger partial charge in [-0.15, -0.1) is 0 Å². The summed E-state index contributed by atoms with van der Waals surface area (Å²) in [6, 6.07) is 9.47. The number of pyridine rings is 1. The van der Waals surface area contributed by atoms with E-state index in [9.17, 15) is 9.59 Å². The van der Waals surface area contributed by atoms with E-state index in [1.54, 1.807) is 24.9 Å². The fraction of sp³-hybridized carbons (Fsp3) is 0.435. The van der Waals surface area contributed by atoms with E-state index in [0.29, 0.717) is 30.3 Å². The number of nitrogens with one attached hydrogen (secondary N) is 1. The Kier molecular flexibility index (Phi) is 5.82. The van der Waals surface area contributed by atoms with Crippen molar-refractivity contribution in [3.63, 3.8) is 0 Å². The van der Waals surface area contributed by atoms with Gasteiger partial charge in [0.25, 0.3) is 5.91 Å². The van der Waals surface area contributed by atoms with Gasteiger partial charge in [0.1, 0.15) is 11.6 Å². The number of ether oxygens (including phenoxy) is 2. The van der Waals surface area contributed by atoms with Crippen LogP contribution in [-0.2, 0) is 14.3 Å². The third kappa shape index (κ3) is 4.64. The lowest BCUT2D eigenvalue weighted by atomic mass is 10.0. The third-order valence-corrected chi connectivity index (χ3v) is 5.46. The quantitative estimate of drug-likeness (QED) is 0.795. The van der Waals surface area contributed by atoms with E-state index in [0.717, 1.165) is 24.5 Å². The van der Waals surface area contributed by atoms with Crippen LogP contribution < -0.4 is 19.9 Å². The zero-order chi connectivity index (χ0) is 22.0. The second kappa shape index (κ2) is 8.55. The molecule has 1 fully saturated rings. The van der Waals surface area contributed by atoms with Gasteiger partial charge < -0.3 is 24.6 Å². The van der Waals surface area contributed by atoms with Crippen LogP contribution in [0.5, 0.6) is 5.75 Å². The maximum Gasteiger partial charge on any atom is 0.270 e. The molecule has 0 saturated carbocycles. The van der Waals surface area contributed by atoms with Crippen LogP contribution in [-0.4, -0.2) is 55.2 Å². The van der Waals surface area contributed by atoms with Crippen LogP contribution in [0.1, 0.15) is 25.8 Å². The van der Waals surface area contributed by atoms with E-state index in [2.05, 4.69) is 15.2 Å². The second-order valence-corrected chi connectivity index (χ2v) is 8.34. The number of fused-ring (bicyclic) bond motifs is 1. The highest BCUT2D eigenvalue weighted by Crippen LogP contribution is 2.38. The zero-order valence-electron chi connectivity index (χ0n) is 18.2. The molecule has 0 aliphatic carbocycles. The summed E-state index contributed by atoms with van der Waals surface area (Å²) in [5, 5.41) is 2.87. The average Bonchev–Trinajstić information content (AvgIpc) is 2.76. The third-order valence-electron chi connectivity index (χ3n) is 5.46. The van der Waals surface area contributed by atoms with Gasteiger partial charge in [0.15, 0.2) is 5.60 Å². The van der Waals surface area contributed by atoms with Gasteiger partial charge in [0.05, 0.1) is 30.8 Å². The Morgan fingerprint density at radius 2 is 1.97 bits per heavy atom. The first-order valence-corrected chi connectivity index (χ1v) is 10.5. The Labute approximate surface area is 182 Å². The van der Waals surface area contributed by atoms with E-state index in [1.807, 2.05) is 37.3 Å². The zero-order valence-corrected chi connectivity index (χ0v) is 18.2. The predicted octanol–water partition coefficient (Wildman–Crippen LogP) is 2.76. The van der Waals surface area contributed by atoms with Gasteiger partial charge in [-0.25, -0.2) is 4.98 Å². The standard InChI is InChI=1S/C23H28N4O4/c1-16-4-6-19-18(14-16)27(22(29)23(2,3)31-19)9-8-21(28)25-17-5-7-20(24-15-17)26-10-12-30-13-11-26/h4-7,14-15H,8-13H2,1-3H3,(H,25,28). The first-order valence-electron chi connectivity index (χ1n) is 10.5. The molecule has 1 aromatic heterocycles. The number of aryl methyl sites for hydroxylation is 1. The number of hydrogen-bond acceptors (Lipinski definition) is 6. The summed E-state index contributed by atoms with van der Waals surface area (Å²) < 4.78 is 11.2. The van der Waals surface area contributed by atoms with E-state index in [1.165, 1.54) is 0 Å². The summed E-state index contributed by atoms with van der Waals surface area (Å²) in [6.07, 6.45) is 1.82. The van der Waals surface area contributed by atoms with Crippen molar-refractivity contribution >= 4 is 29.0 Å². The number of carbonyl (C=O) groups is 2. The average molecular weight is 425 g/mol. The molecule has 2 aliphatic heterocycles. The Morgan fingerprint density at radius 1 is 1.19 bits per heavy atom. The molecule has 164 valence electrons. The molecule has 2 aromatic rings. The molecule has 31 heavy (non-hydrogen) atoms. The first kappa shape index (κ1) is 21.1. The SMILES string of the molecule is Cc1ccc2c(c1)N(CCC(=O)Nc1ccc(N3CCOCC3)nc1)C(=O)C(C)(C)O2. The lowest BCUT2D eigenvalue weighted by Crippen LogP contribution is -2.53. The van der Waals surface area contributed by atoms with Gasteiger partial charge in [0.2, 0.25) is 5.91 Å². The summed E-state index contributed by atoms with van der Waals surface area (Å²) in [4.78, 5) is 33.7. The van der Waals surface area contributed by atoms with Crippen molar-refractivity contribution < 1.29 is 19.1 Å². The molecule has 0 unspecified atom stereocenters. The molecule has 8 heteroatoms. The number of amides is 2. The molecular weight excluding hydrogens is 396 g/mol. The first-order chi connectivity index (χ1) is 14.8.